The summed E-state index contributed by atoms with van der Waals surface area (Å²) in [7, 11) is 0. The minimum absolute atomic E-state index is 0.0328. The predicted octanol–water partition coefficient (Wildman–Crippen LogP) is 5.25. The van der Waals surface area contributed by atoms with Crippen molar-refractivity contribution in [1.82, 2.24) is 0 Å². The van der Waals surface area contributed by atoms with Crippen LogP contribution in [0.1, 0.15) is 25.0 Å². The second kappa shape index (κ2) is 7.64. The Bertz CT molecular complexity index is 727. The SMILES string of the molecule is CC(C)(c1ccccc1)c1ccc(O)cc1.Oc1ccc(F)cc1. The zero-order valence-electron chi connectivity index (χ0n) is 13.8. The van der Waals surface area contributed by atoms with Gasteiger partial charge in [0.15, 0.2) is 0 Å². The van der Waals surface area contributed by atoms with E-state index in [-0.39, 0.29) is 17.0 Å². The van der Waals surface area contributed by atoms with E-state index in [0.29, 0.717) is 5.75 Å². The summed E-state index contributed by atoms with van der Waals surface area (Å²) in [6.45, 7) is 4.38. The summed E-state index contributed by atoms with van der Waals surface area (Å²) >= 11 is 0. The molecule has 0 heterocycles. The fourth-order valence-corrected chi connectivity index (χ4v) is 2.34. The number of phenolic OH excluding ortho intramolecular Hbond substituents is 2. The lowest BCUT2D eigenvalue weighted by molar-refractivity contribution is 0.473. The standard InChI is InChI=1S/C15H16O.C6H5FO/c1-15(2,12-6-4-3-5-7-12)13-8-10-14(16)11-9-13;7-5-1-3-6(8)4-2-5/h3-11,16H,1-2H3;1-4,8H. The first-order valence-electron chi connectivity index (χ1n) is 7.69. The molecule has 2 nitrogen and oxygen atoms in total. The van der Waals surface area contributed by atoms with Gasteiger partial charge in [0.25, 0.3) is 0 Å². The average molecular weight is 324 g/mol. The Morgan fingerprint density at radius 3 is 1.50 bits per heavy atom. The minimum atomic E-state index is -0.331. The van der Waals surface area contributed by atoms with E-state index in [9.17, 15) is 9.50 Å². The summed E-state index contributed by atoms with van der Waals surface area (Å²) in [6, 6.07) is 22.8. The maximum absolute atomic E-state index is 12.0. The van der Waals surface area contributed by atoms with Crippen molar-refractivity contribution in [1.29, 1.82) is 0 Å². The quantitative estimate of drug-likeness (QED) is 0.676. The maximum Gasteiger partial charge on any atom is 0.123 e. The predicted molar refractivity (Wildman–Crippen MR) is 94.7 cm³/mol. The van der Waals surface area contributed by atoms with E-state index in [2.05, 4.69) is 38.1 Å². The highest BCUT2D eigenvalue weighted by molar-refractivity contribution is 5.39. The third-order valence-electron chi connectivity index (χ3n) is 3.91. The first-order valence-corrected chi connectivity index (χ1v) is 7.69. The zero-order valence-corrected chi connectivity index (χ0v) is 13.8. The summed E-state index contributed by atoms with van der Waals surface area (Å²) in [6.07, 6.45) is 0. The Morgan fingerprint density at radius 2 is 1.04 bits per heavy atom. The van der Waals surface area contributed by atoms with Gasteiger partial charge in [-0.05, 0) is 47.5 Å². The number of rotatable bonds is 2. The molecule has 0 aliphatic carbocycles. The van der Waals surface area contributed by atoms with Gasteiger partial charge in [-0.25, -0.2) is 4.39 Å². The van der Waals surface area contributed by atoms with Gasteiger partial charge >= 0.3 is 0 Å². The molecular formula is C21H21FO2. The smallest absolute Gasteiger partial charge is 0.123 e. The molecule has 0 bridgehead atoms. The van der Waals surface area contributed by atoms with Crippen LogP contribution in [0.3, 0.4) is 0 Å². The van der Waals surface area contributed by atoms with Crippen LogP contribution >= 0.6 is 0 Å². The Balaban J connectivity index is 0.000000219. The van der Waals surface area contributed by atoms with Crippen molar-refractivity contribution in [3.63, 3.8) is 0 Å². The van der Waals surface area contributed by atoms with E-state index in [1.807, 2.05) is 18.2 Å². The van der Waals surface area contributed by atoms with Crippen molar-refractivity contribution >= 4 is 0 Å². The van der Waals surface area contributed by atoms with Crippen LogP contribution in [-0.2, 0) is 5.41 Å². The van der Waals surface area contributed by atoms with Gasteiger partial charge in [0, 0.05) is 5.41 Å². The highest BCUT2D eigenvalue weighted by atomic mass is 19.1. The molecule has 3 heteroatoms. The number of hydrogen-bond acceptors (Lipinski definition) is 2. The van der Waals surface area contributed by atoms with Crippen molar-refractivity contribution < 1.29 is 14.6 Å². The summed E-state index contributed by atoms with van der Waals surface area (Å²) < 4.78 is 12.0. The minimum Gasteiger partial charge on any atom is -0.508 e. The second-order valence-electron chi connectivity index (χ2n) is 6.01. The molecule has 0 spiro atoms. The van der Waals surface area contributed by atoms with Gasteiger partial charge in [0.2, 0.25) is 0 Å². The number of phenols is 2. The summed E-state index contributed by atoms with van der Waals surface area (Å²) in [5, 5.41) is 17.9. The molecule has 0 atom stereocenters. The molecule has 124 valence electrons. The Morgan fingerprint density at radius 1 is 0.625 bits per heavy atom. The first kappa shape index (κ1) is 17.5. The van der Waals surface area contributed by atoms with E-state index in [4.69, 9.17) is 5.11 Å². The van der Waals surface area contributed by atoms with Crippen LogP contribution in [0.4, 0.5) is 4.39 Å². The van der Waals surface area contributed by atoms with Crippen LogP contribution in [0.15, 0.2) is 78.9 Å². The Hall–Kier alpha value is -2.81. The van der Waals surface area contributed by atoms with Crippen LogP contribution in [0.5, 0.6) is 11.5 Å². The van der Waals surface area contributed by atoms with E-state index in [1.165, 1.54) is 35.4 Å². The van der Waals surface area contributed by atoms with E-state index in [1.54, 1.807) is 12.1 Å². The van der Waals surface area contributed by atoms with Crippen LogP contribution in [0.25, 0.3) is 0 Å². The van der Waals surface area contributed by atoms with Crippen LogP contribution < -0.4 is 0 Å². The maximum atomic E-state index is 12.0. The monoisotopic (exact) mass is 324 g/mol. The normalized spacial score (nSPS) is 10.6. The highest BCUT2D eigenvalue weighted by Crippen LogP contribution is 2.31. The third kappa shape index (κ3) is 4.59. The molecule has 3 rings (SSSR count). The zero-order chi connectivity index (χ0) is 17.6. The number of halogens is 1. The first-order chi connectivity index (χ1) is 11.4. The van der Waals surface area contributed by atoms with Gasteiger partial charge in [-0.2, -0.15) is 0 Å². The number of benzene rings is 3. The molecule has 3 aromatic carbocycles. The molecule has 0 aromatic heterocycles. The number of aromatic hydroxyl groups is 2. The molecule has 0 unspecified atom stereocenters. The van der Waals surface area contributed by atoms with Crippen LogP contribution in [-0.4, -0.2) is 10.2 Å². The molecule has 0 saturated heterocycles. The third-order valence-corrected chi connectivity index (χ3v) is 3.91. The molecule has 24 heavy (non-hydrogen) atoms. The largest absolute Gasteiger partial charge is 0.508 e. The van der Waals surface area contributed by atoms with Gasteiger partial charge in [0.1, 0.15) is 17.3 Å². The van der Waals surface area contributed by atoms with Crippen molar-refractivity contribution in [3.8, 4) is 11.5 Å². The van der Waals surface area contributed by atoms with Gasteiger partial charge in [-0.3, -0.25) is 0 Å². The summed E-state index contributed by atoms with van der Waals surface area (Å²) in [5.41, 5.74) is 2.45. The van der Waals surface area contributed by atoms with Crippen LogP contribution in [0, 0.1) is 5.82 Å². The average Bonchev–Trinajstić information content (AvgIpc) is 2.59. The van der Waals surface area contributed by atoms with E-state index in [0.717, 1.165) is 0 Å². The summed E-state index contributed by atoms with van der Waals surface area (Å²) in [4.78, 5) is 0. The lowest BCUT2D eigenvalue weighted by atomic mass is 9.78. The van der Waals surface area contributed by atoms with E-state index >= 15 is 0 Å². The molecular weight excluding hydrogens is 303 g/mol. The molecule has 0 amide bonds. The van der Waals surface area contributed by atoms with Gasteiger partial charge < -0.3 is 10.2 Å². The molecule has 3 aromatic rings. The van der Waals surface area contributed by atoms with Gasteiger partial charge in [0.05, 0.1) is 0 Å². The van der Waals surface area contributed by atoms with Gasteiger partial charge in [-0.15, -0.1) is 0 Å². The highest BCUT2D eigenvalue weighted by Gasteiger charge is 2.22. The number of hydrogen-bond donors (Lipinski definition) is 2. The van der Waals surface area contributed by atoms with Crippen LogP contribution in [0.2, 0.25) is 0 Å². The van der Waals surface area contributed by atoms with Crippen molar-refractivity contribution in [2.24, 2.45) is 0 Å². The van der Waals surface area contributed by atoms with Crippen molar-refractivity contribution in [2.75, 3.05) is 0 Å². The van der Waals surface area contributed by atoms with Crippen molar-refractivity contribution in [3.05, 3.63) is 95.8 Å². The van der Waals surface area contributed by atoms with E-state index < -0.39 is 0 Å². The topological polar surface area (TPSA) is 40.5 Å². The molecule has 2 N–H and O–H groups in total. The molecule has 0 radical (unpaired) electrons. The second-order valence-corrected chi connectivity index (χ2v) is 6.01. The molecule has 0 saturated carbocycles. The fraction of sp³-hybridized carbons (Fsp3) is 0.143. The lowest BCUT2D eigenvalue weighted by Gasteiger charge is -2.26. The van der Waals surface area contributed by atoms with Gasteiger partial charge in [-0.1, -0.05) is 56.3 Å². The summed E-state index contributed by atoms with van der Waals surface area (Å²) in [5.74, 6) is 0.0711. The molecule has 0 aliphatic rings. The lowest BCUT2D eigenvalue weighted by Crippen LogP contribution is -2.18. The fourth-order valence-electron chi connectivity index (χ4n) is 2.34. The molecule has 0 aliphatic heterocycles. The van der Waals surface area contributed by atoms with Crippen molar-refractivity contribution in [2.45, 2.75) is 19.3 Å². The Labute approximate surface area is 141 Å². The molecule has 0 fully saturated rings. The Kier molecular flexibility index (Phi) is 5.59.